The second-order valence-corrected chi connectivity index (χ2v) is 1.67. The number of hydrogen-bond acceptors (Lipinski definition) is 4. The van der Waals surface area contributed by atoms with Crippen molar-refractivity contribution in [2.24, 2.45) is 11.5 Å². The topological polar surface area (TPSA) is 89.3 Å². The molecule has 0 spiro atoms. The summed E-state index contributed by atoms with van der Waals surface area (Å²) >= 11 is 0. The molecule has 0 atom stereocenters. The summed E-state index contributed by atoms with van der Waals surface area (Å²) < 4.78 is 0. The minimum absolute atomic E-state index is 0.104. The number of aliphatic hydroxyl groups is 1. The van der Waals surface area contributed by atoms with Crippen LogP contribution in [0.4, 0.5) is 0 Å². The Bertz CT molecular complexity index is 227. The monoisotopic (exact) mass is 126 g/mol. The third-order valence-corrected chi connectivity index (χ3v) is 1.17. The maximum Gasteiger partial charge on any atom is 0.217 e. The van der Waals surface area contributed by atoms with Crippen molar-refractivity contribution in [1.82, 2.24) is 0 Å². The molecule has 0 bridgehead atoms. The van der Waals surface area contributed by atoms with Crippen LogP contribution in [0.15, 0.2) is 23.2 Å². The lowest BCUT2D eigenvalue weighted by atomic mass is 9.96. The zero-order valence-electron chi connectivity index (χ0n) is 4.59. The van der Waals surface area contributed by atoms with Gasteiger partial charge in [-0.05, 0) is 0 Å². The third-order valence-electron chi connectivity index (χ3n) is 1.17. The molecule has 1 aliphatic carbocycles. The van der Waals surface area contributed by atoms with Crippen LogP contribution in [0.5, 0.6) is 0 Å². The van der Waals surface area contributed by atoms with Crippen LogP contribution < -0.4 is 11.5 Å². The predicted octanol–water partition coefficient (Wildman–Crippen LogP) is -0.860. The minimum Gasteiger partial charge on any atom is -0.505 e. The van der Waals surface area contributed by atoms with Gasteiger partial charge in [0.05, 0.1) is 5.57 Å². The van der Waals surface area contributed by atoms with Gasteiger partial charge < -0.3 is 16.6 Å². The number of allylic oxidation sites excluding steroid dienone is 2. The fourth-order valence-corrected chi connectivity index (χ4v) is 0.597. The van der Waals surface area contributed by atoms with Crippen LogP contribution in [-0.4, -0.2) is 10.9 Å². The van der Waals surface area contributed by atoms with E-state index >= 15 is 0 Å². The van der Waals surface area contributed by atoms with Gasteiger partial charge in [0.2, 0.25) is 5.78 Å². The van der Waals surface area contributed by atoms with E-state index in [1.165, 1.54) is 0 Å². The summed E-state index contributed by atoms with van der Waals surface area (Å²) in [5.74, 6) is -0.572. The summed E-state index contributed by atoms with van der Waals surface area (Å²) in [6.07, 6.45) is 1.04. The first-order valence-corrected chi connectivity index (χ1v) is 2.34. The van der Waals surface area contributed by atoms with Crippen LogP contribution in [0.3, 0.4) is 0 Å². The summed E-state index contributed by atoms with van der Waals surface area (Å²) in [5.41, 5.74) is 9.96. The number of aliphatic hydroxyl groups excluding tert-OH is 1. The average molecular weight is 126 g/mol. The molecule has 4 heteroatoms. The van der Waals surface area contributed by atoms with Crippen LogP contribution >= 0.6 is 0 Å². The van der Waals surface area contributed by atoms with Gasteiger partial charge in [-0.15, -0.1) is 0 Å². The number of carbonyl (C=O) groups excluding carboxylic acids is 1. The molecular formula is C5H6N2O2. The maximum atomic E-state index is 10.5. The molecule has 0 aromatic carbocycles. The van der Waals surface area contributed by atoms with Crippen molar-refractivity contribution in [3.63, 3.8) is 0 Å². The Kier molecular flexibility index (Phi) is 0.955. The summed E-state index contributed by atoms with van der Waals surface area (Å²) in [6, 6.07) is 0. The van der Waals surface area contributed by atoms with Crippen molar-refractivity contribution in [2.45, 2.75) is 0 Å². The fraction of sp³-hybridized carbons (Fsp3) is 0. The minimum atomic E-state index is -0.380. The van der Waals surface area contributed by atoms with Gasteiger partial charge in [-0.3, -0.25) is 4.79 Å². The first-order chi connectivity index (χ1) is 4.18. The highest BCUT2D eigenvalue weighted by Gasteiger charge is 2.30. The lowest BCUT2D eigenvalue weighted by Crippen LogP contribution is -2.28. The largest absolute Gasteiger partial charge is 0.505 e. The van der Waals surface area contributed by atoms with E-state index in [4.69, 9.17) is 16.6 Å². The van der Waals surface area contributed by atoms with E-state index in [0.29, 0.717) is 0 Å². The number of Topliss-reactive ketones (excluding diaryl/α,β-unsaturated/α-hetero) is 1. The predicted molar refractivity (Wildman–Crippen MR) is 31.1 cm³/mol. The van der Waals surface area contributed by atoms with Crippen LogP contribution in [0.1, 0.15) is 0 Å². The van der Waals surface area contributed by atoms with Crippen LogP contribution in [0, 0.1) is 0 Å². The second kappa shape index (κ2) is 1.51. The molecule has 5 N–H and O–H groups in total. The summed E-state index contributed by atoms with van der Waals surface area (Å²) in [4.78, 5) is 10.5. The molecule has 0 radical (unpaired) electrons. The van der Waals surface area contributed by atoms with Gasteiger partial charge in [-0.25, -0.2) is 0 Å². The molecule has 0 amide bonds. The number of nitrogens with two attached hydrogens (primary N) is 2. The Labute approximate surface area is 51.4 Å². The second-order valence-electron chi connectivity index (χ2n) is 1.67. The van der Waals surface area contributed by atoms with Gasteiger partial charge in [0.15, 0.2) is 5.76 Å². The molecule has 0 aliphatic heterocycles. The first-order valence-electron chi connectivity index (χ1n) is 2.34. The molecule has 0 unspecified atom stereocenters. The smallest absolute Gasteiger partial charge is 0.217 e. The Morgan fingerprint density at radius 1 is 1.56 bits per heavy atom. The van der Waals surface area contributed by atoms with Crippen molar-refractivity contribution in [3.05, 3.63) is 23.2 Å². The van der Waals surface area contributed by atoms with E-state index in [2.05, 4.69) is 0 Å². The number of ketones is 1. The zero-order chi connectivity index (χ0) is 7.02. The molecule has 1 aliphatic rings. The SMILES string of the molecule is N/C=C1\C(=O)C(N)=C1O. The van der Waals surface area contributed by atoms with Crippen molar-refractivity contribution >= 4 is 5.78 Å². The molecule has 9 heavy (non-hydrogen) atoms. The zero-order valence-corrected chi connectivity index (χ0v) is 4.59. The molecule has 48 valence electrons. The van der Waals surface area contributed by atoms with Gasteiger partial charge in [-0.2, -0.15) is 0 Å². The normalized spacial score (nSPS) is 22.7. The van der Waals surface area contributed by atoms with Crippen molar-refractivity contribution < 1.29 is 9.90 Å². The van der Waals surface area contributed by atoms with Crippen LogP contribution in [0.25, 0.3) is 0 Å². The highest BCUT2D eigenvalue weighted by atomic mass is 16.3. The molecule has 0 heterocycles. The van der Waals surface area contributed by atoms with Gasteiger partial charge in [0.25, 0.3) is 0 Å². The van der Waals surface area contributed by atoms with Crippen molar-refractivity contribution in [2.75, 3.05) is 0 Å². The lowest BCUT2D eigenvalue weighted by molar-refractivity contribution is -0.113. The van der Waals surface area contributed by atoms with E-state index in [0.717, 1.165) is 6.20 Å². The van der Waals surface area contributed by atoms with E-state index < -0.39 is 0 Å². The van der Waals surface area contributed by atoms with E-state index in [9.17, 15) is 4.79 Å². The summed E-state index contributed by atoms with van der Waals surface area (Å²) in [7, 11) is 0. The maximum absolute atomic E-state index is 10.5. The van der Waals surface area contributed by atoms with Gasteiger partial charge >= 0.3 is 0 Å². The fourth-order valence-electron chi connectivity index (χ4n) is 0.597. The van der Waals surface area contributed by atoms with Crippen molar-refractivity contribution in [3.8, 4) is 0 Å². The lowest BCUT2D eigenvalue weighted by Gasteiger charge is -2.15. The number of rotatable bonds is 0. The molecular weight excluding hydrogens is 120 g/mol. The molecule has 0 saturated heterocycles. The quantitative estimate of drug-likeness (QED) is 0.368. The summed E-state index contributed by atoms with van der Waals surface area (Å²) in [5, 5.41) is 8.73. The number of carbonyl (C=O) groups is 1. The standard InChI is InChI=1S/C5H6N2O2/c6-1-2-4(8)3(7)5(2)9/h1,8H,6-7H2/b2-1-. The van der Waals surface area contributed by atoms with E-state index in [1.54, 1.807) is 0 Å². The molecule has 0 aromatic heterocycles. The Hall–Kier alpha value is -1.45. The van der Waals surface area contributed by atoms with Gasteiger partial charge in [-0.1, -0.05) is 0 Å². The Morgan fingerprint density at radius 3 is 2.33 bits per heavy atom. The van der Waals surface area contributed by atoms with E-state index in [1.807, 2.05) is 0 Å². The number of hydrogen-bond donors (Lipinski definition) is 3. The molecule has 0 saturated carbocycles. The van der Waals surface area contributed by atoms with Gasteiger partial charge in [0.1, 0.15) is 5.70 Å². The Morgan fingerprint density at radius 2 is 2.11 bits per heavy atom. The van der Waals surface area contributed by atoms with Crippen LogP contribution in [-0.2, 0) is 4.79 Å². The molecule has 1 rings (SSSR count). The highest BCUT2D eigenvalue weighted by molar-refractivity contribution is 6.18. The average Bonchev–Trinajstić information content (AvgIpc) is 1.89. The Balaban J connectivity index is 3.06. The highest BCUT2D eigenvalue weighted by Crippen LogP contribution is 2.22. The molecule has 0 fully saturated rings. The first kappa shape index (κ1) is 5.68. The summed E-state index contributed by atoms with van der Waals surface area (Å²) in [6.45, 7) is 0. The van der Waals surface area contributed by atoms with Crippen molar-refractivity contribution in [1.29, 1.82) is 0 Å². The molecule has 0 aromatic rings. The van der Waals surface area contributed by atoms with Crippen LogP contribution in [0.2, 0.25) is 0 Å². The van der Waals surface area contributed by atoms with Gasteiger partial charge in [0, 0.05) is 6.20 Å². The van der Waals surface area contributed by atoms with E-state index in [-0.39, 0.29) is 22.8 Å². The molecule has 4 nitrogen and oxygen atoms in total. The third kappa shape index (κ3) is 0.495.